The summed E-state index contributed by atoms with van der Waals surface area (Å²) >= 11 is 0. The fraction of sp³-hybridized carbons (Fsp3) is 0.800. The Kier molecular flexibility index (Phi) is 9.84. The average molecular weight is 336 g/mol. The van der Waals surface area contributed by atoms with Gasteiger partial charge in [0.2, 0.25) is 5.91 Å². The van der Waals surface area contributed by atoms with Gasteiger partial charge < -0.3 is 14.4 Å². The highest BCUT2D eigenvalue weighted by Crippen LogP contribution is 2.06. The lowest BCUT2D eigenvalue weighted by atomic mass is 10.1. The molecule has 0 aromatic carbocycles. The maximum absolute atomic E-state index is 11.1. The van der Waals surface area contributed by atoms with Gasteiger partial charge in [-0.3, -0.25) is 4.79 Å². The van der Waals surface area contributed by atoms with Crippen molar-refractivity contribution >= 4 is 16.0 Å². The molecule has 6 nitrogen and oxygen atoms in total. The molecule has 7 heteroatoms. The molecule has 0 heterocycles. The van der Waals surface area contributed by atoms with E-state index < -0.39 is 27.3 Å². The molecule has 0 spiro atoms. The fourth-order valence-corrected chi connectivity index (χ4v) is 2.52. The molecule has 0 aromatic heterocycles. The Bertz CT molecular complexity index is 458. The van der Waals surface area contributed by atoms with Crippen LogP contribution >= 0.6 is 0 Å². The van der Waals surface area contributed by atoms with Gasteiger partial charge in [0.1, 0.15) is 0 Å². The quantitative estimate of drug-likeness (QED) is 0.433. The second kappa shape index (κ2) is 9.27. The van der Waals surface area contributed by atoms with Crippen LogP contribution in [0.15, 0.2) is 12.2 Å². The summed E-state index contributed by atoms with van der Waals surface area (Å²) in [6, 6.07) is 0. The summed E-state index contributed by atoms with van der Waals surface area (Å²) in [7, 11) is -2.06. The van der Waals surface area contributed by atoms with Crippen LogP contribution in [0, 0.1) is 0 Å². The van der Waals surface area contributed by atoms with E-state index in [1.54, 1.807) is 0 Å². The molecule has 132 valence electrons. The Hall–Kier alpha value is -0.920. The molecule has 0 unspecified atom stereocenters. The summed E-state index contributed by atoms with van der Waals surface area (Å²) in [6.07, 6.45) is 0. The summed E-state index contributed by atoms with van der Waals surface area (Å²) in [5, 5.41) is 2.39. The van der Waals surface area contributed by atoms with Crippen LogP contribution in [-0.2, 0) is 14.9 Å². The number of rotatable bonds is 7. The SMILES string of the molecule is C=C(C)C(=O)NC(C)(C)CS(=O)(=O)[O-].CC[N+](C)(CC)CC. The van der Waals surface area contributed by atoms with Gasteiger partial charge in [-0.15, -0.1) is 0 Å². The summed E-state index contributed by atoms with van der Waals surface area (Å²) in [6.45, 7) is 18.3. The zero-order valence-electron chi connectivity index (χ0n) is 15.0. The molecule has 1 N–H and O–H groups in total. The van der Waals surface area contributed by atoms with Crippen molar-refractivity contribution < 1.29 is 22.2 Å². The van der Waals surface area contributed by atoms with Gasteiger partial charge in [0.15, 0.2) is 0 Å². The first-order valence-corrected chi connectivity index (χ1v) is 9.04. The number of hydrogen-bond donors (Lipinski definition) is 1. The van der Waals surface area contributed by atoms with Crippen LogP contribution < -0.4 is 5.32 Å². The van der Waals surface area contributed by atoms with Crippen molar-refractivity contribution in [2.24, 2.45) is 0 Å². The number of hydrogen-bond acceptors (Lipinski definition) is 4. The van der Waals surface area contributed by atoms with Crippen LogP contribution in [0.1, 0.15) is 41.5 Å². The Morgan fingerprint density at radius 2 is 1.55 bits per heavy atom. The molecule has 0 aliphatic heterocycles. The lowest BCUT2D eigenvalue weighted by Crippen LogP contribution is -2.48. The van der Waals surface area contributed by atoms with Crippen molar-refractivity contribution in [3.8, 4) is 0 Å². The predicted molar refractivity (Wildman–Crippen MR) is 89.4 cm³/mol. The summed E-state index contributed by atoms with van der Waals surface area (Å²) in [5.41, 5.74) is -0.808. The first-order valence-electron chi connectivity index (χ1n) is 7.47. The monoisotopic (exact) mass is 336 g/mol. The third-order valence-electron chi connectivity index (χ3n) is 3.67. The van der Waals surface area contributed by atoms with E-state index in [4.69, 9.17) is 0 Å². The number of carbonyl (C=O) groups is 1. The van der Waals surface area contributed by atoms with Crippen LogP contribution in [0.5, 0.6) is 0 Å². The minimum atomic E-state index is -4.35. The number of amides is 1. The van der Waals surface area contributed by atoms with Crippen molar-refractivity contribution in [1.82, 2.24) is 5.32 Å². The largest absolute Gasteiger partial charge is 0.748 e. The Balaban J connectivity index is 0. The molecule has 0 bridgehead atoms. The lowest BCUT2D eigenvalue weighted by Gasteiger charge is -2.30. The molecule has 0 aliphatic carbocycles. The molecule has 0 saturated carbocycles. The second-order valence-electron chi connectivity index (χ2n) is 6.39. The highest BCUT2D eigenvalue weighted by Gasteiger charge is 2.23. The number of quaternary nitrogens is 1. The normalized spacial score (nSPS) is 12.2. The molecule has 0 radical (unpaired) electrons. The van der Waals surface area contributed by atoms with Crippen molar-refractivity contribution in [2.75, 3.05) is 32.4 Å². The second-order valence-corrected chi connectivity index (χ2v) is 7.79. The number of nitrogens with one attached hydrogen (secondary N) is 1. The third-order valence-corrected chi connectivity index (χ3v) is 4.74. The van der Waals surface area contributed by atoms with Crippen molar-refractivity contribution in [2.45, 2.75) is 47.1 Å². The van der Waals surface area contributed by atoms with E-state index in [1.165, 1.54) is 44.9 Å². The molecule has 0 atom stereocenters. The van der Waals surface area contributed by atoms with Crippen LogP contribution in [0.3, 0.4) is 0 Å². The van der Waals surface area contributed by atoms with Crippen LogP contribution in [-0.4, -0.2) is 61.3 Å². The predicted octanol–water partition coefficient (Wildman–Crippen LogP) is 1.50. The van der Waals surface area contributed by atoms with Gasteiger partial charge in [-0.25, -0.2) is 8.42 Å². The molecule has 0 rings (SSSR count). The molecular weight excluding hydrogens is 304 g/mol. The Morgan fingerprint density at radius 3 is 1.73 bits per heavy atom. The van der Waals surface area contributed by atoms with Crippen LogP contribution in [0.25, 0.3) is 0 Å². The molecule has 0 saturated heterocycles. The zero-order valence-corrected chi connectivity index (χ0v) is 15.8. The zero-order chi connectivity index (χ0) is 18.2. The standard InChI is InChI=1S/C8H15NO4S.C7H18N/c1-6(2)7(10)9-8(3,4)5-14(11,12)13;1-5-8(4,6-2)7-3/h1,5H2,2-4H3,(H,9,10)(H,11,12,13);5-7H2,1-4H3/q;+1/p-1. The maximum Gasteiger partial charge on any atom is 0.246 e. The molecule has 22 heavy (non-hydrogen) atoms. The van der Waals surface area contributed by atoms with E-state index >= 15 is 0 Å². The molecule has 0 fully saturated rings. The maximum atomic E-state index is 11.1. The molecule has 1 amide bonds. The first-order chi connectivity index (χ1) is 9.72. The number of nitrogens with zero attached hydrogens (tertiary/aromatic N) is 1. The van der Waals surface area contributed by atoms with E-state index in [-0.39, 0.29) is 5.57 Å². The summed E-state index contributed by atoms with van der Waals surface area (Å²) in [5.74, 6) is -1.10. The van der Waals surface area contributed by atoms with Gasteiger partial charge in [-0.1, -0.05) is 6.58 Å². The van der Waals surface area contributed by atoms with E-state index in [0.29, 0.717) is 0 Å². The fourth-order valence-electron chi connectivity index (χ4n) is 1.56. The minimum absolute atomic E-state index is 0.265. The Labute approximate surface area is 135 Å². The van der Waals surface area contributed by atoms with Gasteiger partial charge in [0, 0.05) is 11.1 Å². The number of carbonyl (C=O) groups excluding carboxylic acids is 1. The van der Waals surface area contributed by atoms with Gasteiger partial charge in [-0.05, 0) is 41.5 Å². The molecule has 0 aromatic rings. The lowest BCUT2D eigenvalue weighted by molar-refractivity contribution is -0.904. The topological polar surface area (TPSA) is 86.3 Å². The summed E-state index contributed by atoms with van der Waals surface area (Å²) < 4.78 is 32.6. The van der Waals surface area contributed by atoms with Crippen molar-refractivity contribution in [1.29, 1.82) is 0 Å². The van der Waals surface area contributed by atoms with E-state index in [0.717, 1.165) is 0 Å². The Morgan fingerprint density at radius 1 is 1.18 bits per heavy atom. The van der Waals surface area contributed by atoms with Crippen molar-refractivity contribution in [3.05, 3.63) is 12.2 Å². The van der Waals surface area contributed by atoms with Crippen LogP contribution in [0.4, 0.5) is 0 Å². The van der Waals surface area contributed by atoms with Gasteiger partial charge in [0.25, 0.3) is 0 Å². The first kappa shape index (κ1) is 23.3. The van der Waals surface area contributed by atoms with Gasteiger partial charge in [-0.2, -0.15) is 0 Å². The highest BCUT2D eigenvalue weighted by molar-refractivity contribution is 7.85. The van der Waals surface area contributed by atoms with E-state index in [9.17, 15) is 17.8 Å². The molecular formula is C15H32N2O4S. The molecule has 0 aliphatic rings. The highest BCUT2D eigenvalue weighted by atomic mass is 32.2. The van der Waals surface area contributed by atoms with E-state index in [2.05, 4.69) is 39.7 Å². The average Bonchev–Trinajstić information content (AvgIpc) is 2.35. The van der Waals surface area contributed by atoms with Gasteiger partial charge in [0.05, 0.1) is 42.6 Å². The van der Waals surface area contributed by atoms with Crippen LogP contribution in [0.2, 0.25) is 0 Å². The third kappa shape index (κ3) is 11.7. The van der Waals surface area contributed by atoms with Gasteiger partial charge >= 0.3 is 0 Å². The van der Waals surface area contributed by atoms with Crippen molar-refractivity contribution in [3.63, 3.8) is 0 Å². The van der Waals surface area contributed by atoms with E-state index in [1.807, 2.05) is 0 Å². The smallest absolute Gasteiger partial charge is 0.246 e. The minimum Gasteiger partial charge on any atom is -0.748 e. The summed E-state index contributed by atoms with van der Waals surface area (Å²) in [4.78, 5) is 11.1.